The van der Waals surface area contributed by atoms with Crippen molar-refractivity contribution in [2.45, 2.75) is 19.9 Å². The standard InChI is InChI=1S/C26H28N4O4S/c1-3-34-25(32)16-35-15-24(31)29-21-6-4-5-18(13-21)23-14-19(7-8-22(23)17(2)27)26(33)30-20-9-11-28-12-10-20/h4-14,17H,3,15-16,27H2,1-2H3,(H,29,31)(H,28,30,33). The van der Waals surface area contributed by atoms with Gasteiger partial charge in [0.1, 0.15) is 0 Å². The van der Waals surface area contributed by atoms with Gasteiger partial charge in [-0.2, -0.15) is 0 Å². The third-order valence-corrected chi connectivity index (χ3v) is 5.87. The van der Waals surface area contributed by atoms with E-state index >= 15 is 0 Å². The lowest BCUT2D eigenvalue weighted by molar-refractivity contribution is -0.139. The van der Waals surface area contributed by atoms with Gasteiger partial charge in [-0.15, -0.1) is 11.8 Å². The van der Waals surface area contributed by atoms with E-state index in [-0.39, 0.29) is 35.3 Å². The lowest BCUT2D eigenvalue weighted by atomic mass is 9.93. The van der Waals surface area contributed by atoms with Gasteiger partial charge < -0.3 is 21.1 Å². The number of benzene rings is 2. The van der Waals surface area contributed by atoms with E-state index in [1.165, 1.54) is 11.8 Å². The molecule has 0 spiro atoms. The number of nitrogens with one attached hydrogen (secondary N) is 2. The zero-order valence-corrected chi connectivity index (χ0v) is 20.4. The van der Waals surface area contributed by atoms with Crippen molar-refractivity contribution >= 4 is 40.9 Å². The Hall–Kier alpha value is -3.69. The zero-order chi connectivity index (χ0) is 25.2. The molecule has 0 aliphatic rings. The van der Waals surface area contributed by atoms with Crippen molar-refractivity contribution < 1.29 is 19.1 Å². The van der Waals surface area contributed by atoms with Crippen LogP contribution < -0.4 is 16.4 Å². The lowest BCUT2D eigenvalue weighted by Crippen LogP contribution is -2.16. The predicted molar refractivity (Wildman–Crippen MR) is 139 cm³/mol. The Morgan fingerprint density at radius 2 is 1.77 bits per heavy atom. The summed E-state index contributed by atoms with van der Waals surface area (Å²) >= 11 is 1.19. The van der Waals surface area contributed by atoms with Gasteiger partial charge in [-0.25, -0.2) is 0 Å². The Labute approximate surface area is 208 Å². The number of ether oxygens (including phenoxy) is 1. The third kappa shape index (κ3) is 7.66. The molecule has 2 aromatic carbocycles. The smallest absolute Gasteiger partial charge is 0.315 e. The van der Waals surface area contributed by atoms with Crippen LogP contribution in [0.15, 0.2) is 67.0 Å². The molecule has 1 aromatic heterocycles. The largest absolute Gasteiger partial charge is 0.465 e. The van der Waals surface area contributed by atoms with Crippen LogP contribution in [0.5, 0.6) is 0 Å². The number of hydrogen-bond acceptors (Lipinski definition) is 7. The number of esters is 1. The van der Waals surface area contributed by atoms with E-state index in [9.17, 15) is 14.4 Å². The van der Waals surface area contributed by atoms with Crippen LogP contribution >= 0.6 is 11.8 Å². The maximum absolute atomic E-state index is 12.8. The fourth-order valence-corrected chi connectivity index (χ4v) is 3.98. The van der Waals surface area contributed by atoms with Gasteiger partial charge in [-0.1, -0.05) is 18.2 Å². The summed E-state index contributed by atoms with van der Waals surface area (Å²) in [5.74, 6) is -0.582. The van der Waals surface area contributed by atoms with E-state index in [1.54, 1.807) is 49.6 Å². The average Bonchev–Trinajstić information content (AvgIpc) is 2.84. The number of aromatic nitrogens is 1. The highest BCUT2D eigenvalue weighted by molar-refractivity contribution is 8.00. The molecule has 0 aliphatic heterocycles. The highest BCUT2D eigenvalue weighted by Gasteiger charge is 2.15. The first-order valence-corrected chi connectivity index (χ1v) is 12.3. The number of pyridine rings is 1. The van der Waals surface area contributed by atoms with Gasteiger partial charge in [-0.05, 0) is 66.9 Å². The number of nitrogens with zero attached hydrogens (tertiary/aromatic N) is 1. The van der Waals surface area contributed by atoms with Crippen LogP contribution in [0.25, 0.3) is 11.1 Å². The Morgan fingerprint density at radius 3 is 2.49 bits per heavy atom. The summed E-state index contributed by atoms with van der Waals surface area (Å²) < 4.78 is 4.86. The van der Waals surface area contributed by atoms with Crippen LogP contribution in [-0.2, 0) is 14.3 Å². The Kier molecular flexibility index (Phi) is 9.39. The summed E-state index contributed by atoms with van der Waals surface area (Å²) in [7, 11) is 0. The number of nitrogens with two attached hydrogens (primary N) is 1. The summed E-state index contributed by atoms with van der Waals surface area (Å²) in [5, 5.41) is 5.70. The molecule has 0 saturated carbocycles. The van der Waals surface area contributed by atoms with Crippen LogP contribution in [0.4, 0.5) is 11.4 Å². The molecule has 0 bridgehead atoms. The van der Waals surface area contributed by atoms with Crippen LogP contribution in [0.1, 0.15) is 35.8 Å². The first-order chi connectivity index (χ1) is 16.9. The molecule has 3 rings (SSSR count). The van der Waals surface area contributed by atoms with Gasteiger partial charge in [0.2, 0.25) is 5.91 Å². The number of rotatable bonds is 10. The SMILES string of the molecule is CCOC(=O)CSCC(=O)Nc1cccc(-c2cc(C(=O)Nc3ccncc3)ccc2C(C)N)c1. The van der Waals surface area contributed by atoms with E-state index in [4.69, 9.17) is 10.5 Å². The van der Waals surface area contributed by atoms with Crippen molar-refractivity contribution in [2.24, 2.45) is 5.73 Å². The topological polar surface area (TPSA) is 123 Å². The molecule has 35 heavy (non-hydrogen) atoms. The third-order valence-electron chi connectivity index (χ3n) is 4.96. The summed E-state index contributed by atoms with van der Waals surface area (Å²) in [6.45, 7) is 3.93. The Bertz CT molecular complexity index is 1180. The molecule has 3 aromatic rings. The molecule has 182 valence electrons. The minimum atomic E-state index is -0.344. The van der Waals surface area contributed by atoms with Crippen molar-refractivity contribution in [3.63, 3.8) is 0 Å². The molecule has 2 amide bonds. The highest BCUT2D eigenvalue weighted by Crippen LogP contribution is 2.30. The van der Waals surface area contributed by atoms with Crippen molar-refractivity contribution in [1.29, 1.82) is 0 Å². The number of hydrogen-bond donors (Lipinski definition) is 3. The molecule has 0 fully saturated rings. The monoisotopic (exact) mass is 492 g/mol. The fraction of sp³-hybridized carbons (Fsp3) is 0.231. The van der Waals surface area contributed by atoms with Gasteiger partial charge in [0.05, 0.1) is 18.1 Å². The molecule has 9 heteroatoms. The van der Waals surface area contributed by atoms with Gasteiger partial charge in [0, 0.05) is 35.4 Å². The molecule has 1 unspecified atom stereocenters. The van der Waals surface area contributed by atoms with Crippen LogP contribution in [0, 0.1) is 0 Å². The minimum absolute atomic E-state index is 0.118. The van der Waals surface area contributed by atoms with E-state index in [1.807, 2.05) is 31.2 Å². The molecule has 1 atom stereocenters. The molecule has 0 saturated heterocycles. The normalized spacial score (nSPS) is 11.4. The average molecular weight is 493 g/mol. The van der Waals surface area contributed by atoms with Gasteiger partial charge in [-0.3, -0.25) is 19.4 Å². The molecule has 4 N–H and O–H groups in total. The predicted octanol–water partition coefficient (Wildman–Crippen LogP) is 4.26. The second-order valence-electron chi connectivity index (χ2n) is 7.71. The van der Waals surface area contributed by atoms with Gasteiger partial charge in [0.15, 0.2) is 0 Å². The first-order valence-electron chi connectivity index (χ1n) is 11.1. The van der Waals surface area contributed by atoms with Gasteiger partial charge in [0.25, 0.3) is 5.91 Å². The van der Waals surface area contributed by atoms with Crippen molar-refractivity contribution in [2.75, 3.05) is 28.7 Å². The first kappa shape index (κ1) is 25.9. The summed E-state index contributed by atoms with van der Waals surface area (Å²) in [5.41, 5.74) is 10.4. The van der Waals surface area contributed by atoms with E-state index in [2.05, 4.69) is 15.6 Å². The number of amides is 2. The number of thioether (sulfide) groups is 1. The minimum Gasteiger partial charge on any atom is -0.465 e. The molecule has 1 heterocycles. The van der Waals surface area contributed by atoms with Crippen molar-refractivity contribution in [3.05, 3.63) is 78.1 Å². The summed E-state index contributed by atoms with van der Waals surface area (Å²) in [4.78, 5) is 40.5. The quantitative estimate of drug-likeness (QED) is 0.361. The van der Waals surface area contributed by atoms with Crippen molar-refractivity contribution in [3.8, 4) is 11.1 Å². The molecule has 0 aliphatic carbocycles. The van der Waals surface area contributed by atoms with Gasteiger partial charge >= 0.3 is 5.97 Å². The molecular weight excluding hydrogens is 464 g/mol. The zero-order valence-electron chi connectivity index (χ0n) is 19.6. The maximum Gasteiger partial charge on any atom is 0.315 e. The molecule has 8 nitrogen and oxygen atoms in total. The fourth-order valence-electron chi connectivity index (χ4n) is 3.37. The van der Waals surface area contributed by atoms with Crippen LogP contribution in [0.2, 0.25) is 0 Å². The number of carbonyl (C=O) groups is 3. The van der Waals surface area contributed by atoms with Crippen LogP contribution in [-0.4, -0.2) is 40.9 Å². The lowest BCUT2D eigenvalue weighted by Gasteiger charge is -2.16. The second kappa shape index (κ2) is 12.7. The highest BCUT2D eigenvalue weighted by atomic mass is 32.2. The van der Waals surface area contributed by atoms with Crippen LogP contribution in [0.3, 0.4) is 0 Å². The summed E-state index contributed by atoms with van der Waals surface area (Å²) in [6, 6.07) is 15.9. The molecular formula is C26H28N4O4S. The maximum atomic E-state index is 12.8. The van der Waals surface area contributed by atoms with E-state index < -0.39 is 0 Å². The number of anilines is 2. The Balaban J connectivity index is 1.77. The van der Waals surface area contributed by atoms with Crippen molar-refractivity contribution in [1.82, 2.24) is 4.98 Å². The Morgan fingerprint density at radius 1 is 1.00 bits per heavy atom. The number of carbonyl (C=O) groups excluding carboxylic acids is 3. The van der Waals surface area contributed by atoms with E-state index in [0.29, 0.717) is 23.5 Å². The molecule has 0 radical (unpaired) electrons. The second-order valence-corrected chi connectivity index (χ2v) is 8.69. The van der Waals surface area contributed by atoms with E-state index in [0.717, 1.165) is 16.7 Å². The summed E-state index contributed by atoms with van der Waals surface area (Å²) in [6.07, 6.45) is 3.21.